The van der Waals surface area contributed by atoms with E-state index in [0.29, 0.717) is 17.4 Å². The molecule has 1 aliphatic carbocycles. The zero-order chi connectivity index (χ0) is 9.19. The highest BCUT2D eigenvalue weighted by atomic mass is 14.9. The van der Waals surface area contributed by atoms with Crippen molar-refractivity contribution in [1.82, 2.24) is 5.32 Å². The summed E-state index contributed by atoms with van der Waals surface area (Å²) in [5, 5.41) is 3.27. The summed E-state index contributed by atoms with van der Waals surface area (Å²) in [6, 6.07) is 0.374. The first-order chi connectivity index (χ1) is 5.62. The number of hydrogen-bond donors (Lipinski definition) is 2. The first kappa shape index (κ1) is 10.0. The average Bonchev–Trinajstić information content (AvgIpc) is 1.95. The summed E-state index contributed by atoms with van der Waals surface area (Å²) < 4.78 is 0. The number of rotatable bonds is 4. The molecular formula is C10H22N2. The fourth-order valence-corrected chi connectivity index (χ4v) is 2.32. The Morgan fingerprint density at radius 1 is 1.42 bits per heavy atom. The molecule has 1 atom stereocenters. The van der Waals surface area contributed by atoms with E-state index in [1.54, 1.807) is 0 Å². The Morgan fingerprint density at radius 3 is 2.25 bits per heavy atom. The largest absolute Gasteiger partial charge is 0.327 e. The molecule has 2 heteroatoms. The minimum atomic E-state index is 0.374. The van der Waals surface area contributed by atoms with Crippen molar-refractivity contribution in [3.63, 3.8) is 0 Å². The Kier molecular flexibility index (Phi) is 3.13. The summed E-state index contributed by atoms with van der Waals surface area (Å²) in [7, 11) is 2.02. The van der Waals surface area contributed by atoms with Gasteiger partial charge < -0.3 is 11.1 Å². The Labute approximate surface area is 75.9 Å². The fraction of sp³-hybridized carbons (Fsp3) is 1.00. The molecule has 0 bridgehead atoms. The minimum absolute atomic E-state index is 0.374. The first-order valence-electron chi connectivity index (χ1n) is 5.02. The van der Waals surface area contributed by atoms with Crippen LogP contribution in [0.4, 0.5) is 0 Å². The van der Waals surface area contributed by atoms with Gasteiger partial charge in [0.2, 0.25) is 0 Å². The molecule has 12 heavy (non-hydrogen) atoms. The van der Waals surface area contributed by atoms with Gasteiger partial charge in [0.15, 0.2) is 0 Å². The van der Waals surface area contributed by atoms with Crippen LogP contribution in [0.2, 0.25) is 0 Å². The molecule has 72 valence electrons. The quantitative estimate of drug-likeness (QED) is 0.668. The Balaban J connectivity index is 2.53. The van der Waals surface area contributed by atoms with Crippen LogP contribution in [0.5, 0.6) is 0 Å². The maximum atomic E-state index is 6.20. The molecule has 1 rings (SSSR count). The summed E-state index contributed by atoms with van der Waals surface area (Å²) in [4.78, 5) is 0. The van der Waals surface area contributed by atoms with Gasteiger partial charge in [0.25, 0.3) is 0 Å². The molecule has 0 aromatic heterocycles. The molecule has 1 unspecified atom stereocenters. The molecule has 3 N–H and O–H groups in total. The topological polar surface area (TPSA) is 38.0 Å². The SMILES string of the molecule is CNCC1(C(N)C(C)C)CCC1. The number of nitrogens with one attached hydrogen (secondary N) is 1. The summed E-state index contributed by atoms with van der Waals surface area (Å²) >= 11 is 0. The molecule has 0 aromatic rings. The van der Waals surface area contributed by atoms with Gasteiger partial charge in [-0.25, -0.2) is 0 Å². The Morgan fingerprint density at radius 2 is 2.00 bits per heavy atom. The lowest BCUT2D eigenvalue weighted by atomic mass is 9.61. The van der Waals surface area contributed by atoms with Crippen LogP contribution < -0.4 is 11.1 Å². The zero-order valence-corrected chi connectivity index (χ0v) is 8.56. The Hall–Kier alpha value is -0.0800. The van der Waals surface area contributed by atoms with Gasteiger partial charge in [-0.05, 0) is 31.2 Å². The zero-order valence-electron chi connectivity index (χ0n) is 8.56. The monoisotopic (exact) mass is 170 g/mol. The van der Waals surface area contributed by atoms with Gasteiger partial charge in [-0.2, -0.15) is 0 Å². The predicted octanol–water partition coefficient (Wildman–Crippen LogP) is 1.36. The van der Waals surface area contributed by atoms with Crippen molar-refractivity contribution in [1.29, 1.82) is 0 Å². The molecular weight excluding hydrogens is 148 g/mol. The number of nitrogens with two attached hydrogens (primary N) is 1. The second kappa shape index (κ2) is 3.75. The van der Waals surface area contributed by atoms with Crippen LogP contribution in [0.15, 0.2) is 0 Å². The van der Waals surface area contributed by atoms with Gasteiger partial charge in [-0.15, -0.1) is 0 Å². The second-order valence-electron chi connectivity index (χ2n) is 4.52. The van der Waals surface area contributed by atoms with Crippen molar-refractivity contribution in [3.05, 3.63) is 0 Å². The maximum absolute atomic E-state index is 6.20. The van der Waals surface area contributed by atoms with Crippen LogP contribution in [-0.2, 0) is 0 Å². The molecule has 0 heterocycles. The number of hydrogen-bond acceptors (Lipinski definition) is 2. The van der Waals surface area contributed by atoms with Gasteiger partial charge in [0.1, 0.15) is 0 Å². The summed E-state index contributed by atoms with van der Waals surface area (Å²) in [6.07, 6.45) is 3.99. The van der Waals surface area contributed by atoms with Crippen molar-refractivity contribution in [2.45, 2.75) is 39.2 Å². The molecule has 2 nitrogen and oxygen atoms in total. The van der Waals surface area contributed by atoms with Gasteiger partial charge >= 0.3 is 0 Å². The second-order valence-corrected chi connectivity index (χ2v) is 4.52. The normalized spacial score (nSPS) is 23.8. The van der Waals surface area contributed by atoms with E-state index in [0.717, 1.165) is 6.54 Å². The minimum Gasteiger partial charge on any atom is -0.327 e. The van der Waals surface area contributed by atoms with E-state index in [-0.39, 0.29) is 0 Å². The average molecular weight is 170 g/mol. The van der Waals surface area contributed by atoms with Gasteiger partial charge in [-0.3, -0.25) is 0 Å². The van der Waals surface area contributed by atoms with E-state index in [9.17, 15) is 0 Å². The van der Waals surface area contributed by atoms with E-state index in [1.165, 1.54) is 19.3 Å². The summed E-state index contributed by atoms with van der Waals surface area (Å²) in [5.41, 5.74) is 6.62. The van der Waals surface area contributed by atoms with Crippen LogP contribution in [0, 0.1) is 11.3 Å². The molecule has 1 saturated carbocycles. The standard InChI is InChI=1S/C10H22N2/c1-8(2)9(11)10(7-12-3)5-4-6-10/h8-9,12H,4-7,11H2,1-3H3. The van der Waals surface area contributed by atoms with Crippen LogP contribution >= 0.6 is 0 Å². The molecule has 0 radical (unpaired) electrons. The lowest BCUT2D eigenvalue weighted by Gasteiger charge is -2.48. The predicted molar refractivity (Wildman–Crippen MR) is 53.0 cm³/mol. The van der Waals surface area contributed by atoms with Gasteiger partial charge in [-0.1, -0.05) is 20.3 Å². The van der Waals surface area contributed by atoms with E-state index in [2.05, 4.69) is 19.2 Å². The highest BCUT2D eigenvalue weighted by Gasteiger charge is 2.42. The molecule has 0 amide bonds. The van der Waals surface area contributed by atoms with Crippen molar-refractivity contribution in [3.8, 4) is 0 Å². The van der Waals surface area contributed by atoms with Crippen molar-refractivity contribution in [2.24, 2.45) is 17.1 Å². The third kappa shape index (κ3) is 1.64. The smallest absolute Gasteiger partial charge is 0.0131 e. The van der Waals surface area contributed by atoms with Crippen LogP contribution in [-0.4, -0.2) is 19.6 Å². The molecule has 0 aliphatic heterocycles. The highest BCUT2D eigenvalue weighted by molar-refractivity contribution is 4.98. The maximum Gasteiger partial charge on any atom is 0.0131 e. The fourth-order valence-electron chi connectivity index (χ4n) is 2.32. The lowest BCUT2D eigenvalue weighted by molar-refractivity contribution is 0.0727. The first-order valence-corrected chi connectivity index (χ1v) is 5.02. The van der Waals surface area contributed by atoms with Crippen molar-refractivity contribution < 1.29 is 0 Å². The lowest BCUT2D eigenvalue weighted by Crippen LogP contribution is -2.54. The molecule has 1 fully saturated rings. The summed E-state index contributed by atoms with van der Waals surface area (Å²) in [6.45, 7) is 5.53. The van der Waals surface area contributed by atoms with E-state index >= 15 is 0 Å². The van der Waals surface area contributed by atoms with Gasteiger partial charge in [0, 0.05) is 12.6 Å². The van der Waals surface area contributed by atoms with E-state index < -0.39 is 0 Å². The van der Waals surface area contributed by atoms with E-state index in [1.807, 2.05) is 7.05 Å². The molecule has 0 aromatic carbocycles. The van der Waals surface area contributed by atoms with Crippen molar-refractivity contribution in [2.75, 3.05) is 13.6 Å². The molecule has 0 saturated heterocycles. The molecule has 1 aliphatic rings. The van der Waals surface area contributed by atoms with Crippen molar-refractivity contribution >= 4 is 0 Å². The van der Waals surface area contributed by atoms with Crippen LogP contribution in [0.1, 0.15) is 33.1 Å². The third-order valence-corrected chi connectivity index (χ3v) is 3.30. The van der Waals surface area contributed by atoms with Crippen LogP contribution in [0.25, 0.3) is 0 Å². The van der Waals surface area contributed by atoms with E-state index in [4.69, 9.17) is 5.73 Å². The third-order valence-electron chi connectivity index (χ3n) is 3.30. The van der Waals surface area contributed by atoms with Crippen LogP contribution in [0.3, 0.4) is 0 Å². The Bertz CT molecular complexity index is 139. The summed E-state index contributed by atoms with van der Waals surface area (Å²) in [5.74, 6) is 0.610. The molecule has 0 spiro atoms. The van der Waals surface area contributed by atoms with Gasteiger partial charge in [0.05, 0.1) is 0 Å². The highest BCUT2D eigenvalue weighted by Crippen LogP contribution is 2.44.